The van der Waals surface area contributed by atoms with E-state index in [4.69, 9.17) is 42.8 Å². The molecule has 0 unspecified atom stereocenters. The first kappa shape index (κ1) is 37.3. The second-order valence-corrected chi connectivity index (χ2v) is 14.0. The lowest BCUT2D eigenvalue weighted by Crippen LogP contribution is -2.41. The molecule has 0 spiro atoms. The number of halogens is 2. The molecule has 41 heavy (non-hydrogen) atoms. The summed E-state index contributed by atoms with van der Waals surface area (Å²) in [5.41, 5.74) is 1.97. The van der Waals surface area contributed by atoms with Crippen molar-refractivity contribution >= 4 is 61.9 Å². The maximum atomic E-state index is 12.3. The van der Waals surface area contributed by atoms with Crippen LogP contribution in [0.1, 0.15) is 44.1 Å². The summed E-state index contributed by atoms with van der Waals surface area (Å²) in [7, 11) is -11.2. The van der Waals surface area contributed by atoms with Gasteiger partial charge in [0.1, 0.15) is 6.04 Å². The summed E-state index contributed by atoms with van der Waals surface area (Å²) in [4.78, 5) is 74.3. The number of anilines is 1. The van der Waals surface area contributed by atoms with E-state index in [2.05, 4.69) is 15.5 Å². The minimum Gasteiger partial charge on any atom is -0.480 e. The average molecular weight is 664 g/mol. The molecule has 18 heteroatoms. The van der Waals surface area contributed by atoms with Crippen LogP contribution >= 0.6 is 38.4 Å². The largest absolute Gasteiger partial charge is 0.480 e. The first-order valence-corrected chi connectivity index (χ1v) is 16.9. The Balaban J connectivity index is 2.47. The van der Waals surface area contributed by atoms with Gasteiger partial charge in [-0.2, -0.15) is 0 Å². The van der Waals surface area contributed by atoms with Gasteiger partial charge in [0, 0.05) is 56.3 Å². The Morgan fingerprint density at radius 2 is 1.46 bits per heavy atom. The number of carbonyl (C=O) groups excluding carboxylic acids is 2. The Labute approximate surface area is 247 Å². The van der Waals surface area contributed by atoms with Crippen LogP contribution in [0.4, 0.5) is 5.69 Å². The summed E-state index contributed by atoms with van der Waals surface area (Å²) >= 11 is 11.7. The fourth-order valence-electron chi connectivity index (χ4n) is 3.80. The Kier molecular flexibility index (Phi) is 15.8. The topological polar surface area (TPSA) is 234 Å². The molecule has 0 heterocycles. The predicted octanol–water partition coefficient (Wildman–Crippen LogP) is 1.54. The van der Waals surface area contributed by atoms with Crippen LogP contribution in [-0.2, 0) is 29.9 Å². The van der Waals surface area contributed by atoms with Crippen molar-refractivity contribution in [3.8, 4) is 0 Å². The van der Waals surface area contributed by atoms with Crippen molar-refractivity contribution in [2.75, 3.05) is 36.3 Å². The summed E-state index contributed by atoms with van der Waals surface area (Å²) in [5, 5.41) is 20.3. The summed E-state index contributed by atoms with van der Waals surface area (Å²) in [6.07, 6.45) is -0.859. The third kappa shape index (κ3) is 12.6. The van der Waals surface area contributed by atoms with Crippen LogP contribution in [0.3, 0.4) is 0 Å². The first-order chi connectivity index (χ1) is 19.1. The first-order valence-electron chi connectivity index (χ1n) is 12.6. The molecule has 0 aliphatic carbocycles. The molecule has 0 radical (unpaired) electrons. The van der Waals surface area contributed by atoms with Gasteiger partial charge in [0.15, 0.2) is 0 Å². The summed E-state index contributed by atoms with van der Waals surface area (Å²) in [6.45, 7) is 1.01. The third-order valence-electron chi connectivity index (χ3n) is 6.12. The van der Waals surface area contributed by atoms with Crippen molar-refractivity contribution in [3.05, 3.63) is 29.8 Å². The van der Waals surface area contributed by atoms with E-state index in [1.54, 1.807) is 0 Å². The Bertz CT molecular complexity index is 1070. The maximum absolute atomic E-state index is 12.3. The third-order valence-corrected chi connectivity index (χ3v) is 10.3. The lowest BCUT2D eigenvalue weighted by Gasteiger charge is -2.29. The lowest BCUT2D eigenvalue weighted by atomic mass is 10.1. The SMILES string of the molecule is O=C(CC[C@H](NC(=O)CCCc1ccc(N(CCCl)CCCl)cc1)C(=O)O)NCCCC(O)(P(=O)(O)O)P(=O)(O)O. The van der Waals surface area contributed by atoms with Crippen LogP contribution in [0.25, 0.3) is 0 Å². The normalized spacial score (nSPS) is 13.0. The molecule has 0 aliphatic heterocycles. The van der Waals surface area contributed by atoms with Gasteiger partial charge in [-0.1, -0.05) is 12.1 Å². The zero-order valence-corrected chi connectivity index (χ0v) is 25.5. The quantitative estimate of drug-likeness (QED) is 0.0564. The fraction of sp³-hybridized carbons (Fsp3) is 0.609. The molecule has 0 saturated heterocycles. The van der Waals surface area contributed by atoms with Crippen LogP contribution in [0.15, 0.2) is 24.3 Å². The smallest absolute Gasteiger partial charge is 0.369 e. The van der Waals surface area contributed by atoms with Crippen molar-refractivity contribution in [3.63, 3.8) is 0 Å². The molecule has 14 nitrogen and oxygen atoms in total. The van der Waals surface area contributed by atoms with Crippen molar-refractivity contribution in [1.29, 1.82) is 0 Å². The molecule has 1 aromatic carbocycles. The summed E-state index contributed by atoms with van der Waals surface area (Å²) in [6, 6.07) is 6.41. The Morgan fingerprint density at radius 3 is 1.95 bits per heavy atom. The predicted molar refractivity (Wildman–Crippen MR) is 153 cm³/mol. The summed E-state index contributed by atoms with van der Waals surface area (Å²) < 4.78 is 22.7. The zero-order valence-electron chi connectivity index (χ0n) is 22.2. The number of benzene rings is 1. The van der Waals surface area contributed by atoms with E-state index < -0.39 is 50.5 Å². The fourth-order valence-corrected chi connectivity index (χ4v) is 6.47. The monoisotopic (exact) mass is 663 g/mol. The zero-order chi connectivity index (χ0) is 31.3. The van der Waals surface area contributed by atoms with E-state index in [0.717, 1.165) is 11.3 Å². The number of aryl methyl sites for hydroxylation is 1. The van der Waals surface area contributed by atoms with E-state index in [0.29, 0.717) is 37.7 Å². The minimum atomic E-state index is -5.60. The van der Waals surface area contributed by atoms with Gasteiger partial charge in [0.2, 0.25) is 11.8 Å². The highest BCUT2D eigenvalue weighted by atomic mass is 35.5. The lowest BCUT2D eigenvalue weighted by molar-refractivity contribution is -0.142. The molecule has 0 aliphatic rings. The van der Waals surface area contributed by atoms with Crippen molar-refractivity contribution < 1.29 is 53.3 Å². The standard InChI is InChI=1S/C23H37Cl2N3O11P2/c24-12-15-28(16-13-25)18-7-5-17(6-8-18)3-1-4-21(30)27-19(22(31)32)9-10-20(29)26-14-2-11-23(33,40(34,35)36)41(37,38)39/h5-8,19,33H,1-4,9-16H2,(H,26,29)(H,27,30)(H,31,32)(H2,34,35,36)(H2,37,38,39)/t19-/m0/s1. The molecule has 1 rings (SSSR count). The highest BCUT2D eigenvalue weighted by Crippen LogP contribution is 2.69. The van der Waals surface area contributed by atoms with Crippen molar-refractivity contribution in [2.24, 2.45) is 0 Å². The number of rotatable bonds is 20. The molecule has 234 valence electrons. The van der Waals surface area contributed by atoms with Crippen LogP contribution in [0.2, 0.25) is 0 Å². The number of nitrogens with zero attached hydrogens (tertiary/aromatic N) is 1. The number of carbonyl (C=O) groups is 3. The highest BCUT2D eigenvalue weighted by Gasteiger charge is 2.58. The van der Waals surface area contributed by atoms with E-state index in [-0.39, 0.29) is 32.2 Å². The van der Waals surface area contributed by atoms with Crippen LogP contribution in [0, 0.1) is 0 Å². The van der Waals surface area contributed by atoms with Crippen LogP contribution in [0.5, 0.6) is 0 Å². The number of aliphatic carboxylic acids is 1. The molecule has 0 fully saturated rings. The molecule has 1 aromatic rings. The van der Waals surface area contributed by atoms with Gasteiger partial charge >= 0.3 is 21.2 Å². The second-order valence-electron chi connectivity index (χ2n) is 9.20. The molecule has 2 amide bonds. The van der Waals surface area contributed by atoms with E-state index >= 15 is 0 Å². The van der Waals surface area contributed by atoms with Gasteiger partial charge in [-0.05, 0) is 43.4 Å². The van der Waals surface area contributed by atoms with Crippen LogP contribution in [-0.4, -0.2) is 90.1 Å². The van der Waals surface area contributed by atoms with Crippen molar-refractivity contribution in [2.45, 2.75) is 56.1 Å². The molecular weight excluding hydrogens is 627 g/mol. The van der Waals surface area contributed by atoms with Gasteiger partial charge in [-0.25, -0.2) is 4.79 Å². The van der Waals surface area contributed by atoms with Crippen molar-refractivity contribution in [1.82, 2.24) is 10.6 Å². The second kappa shape index (κ2) is 17.4. The number of aliphatic hydroxyl groups is 1. The van der Waals surface area contributed by atoms with E-state index in [1.165, 1.54) is 0 Å². The van der Waals surface area contributed by atoms with Gasteiger partial charge in [0.25, 0.3) is 5.08 Å². The molecule has 0 saturated carbocycles. The number of hydrogen-bond donors (Lipinski definition) is 8. The number of nitrogens with one attached hydrogen (secondary N) is 2. The maximum Gasteiger partial charge on any atom is 0.369 e. The van der Waals surface area contributed by atoms with E-state index in [9.17, 15) is 33.7 Å². The van der Waals surface area contributed by atoms with Crippen LogP contribution < -0.4 is 15.5 Å². The minimum absolute atomic E-state index is 0.0599. The number of amides is 2. The average Bonchev–Trinajstić information content (AvgIpc) is 2.87. The number of carboxylic acids is 1. The van der Waals surface area contributed by atoms with Gasteiger partial charge in [-0.3, -0.25) is 18.7 Å². The molecular formula is C23H37Cl2N3O11P2. The number of hydrogen-bond acceptors (Lipinski definition) is 7. The highest BCUT2D eigenvalue weighted by molar-refractivity contribution is 7.72. The number of alkyl halides is 2. The Morgan fingerprint density at radius 1 is 0.902 bits per heavy atom. The van der Waals surface area contributed by atoms with Gasteiger partial charge in [0.05, 0.1) is 0 Å². The molecule has 0 bridgehead atoms. The number of carboxylic acid groups (broad SMARTS) is 1. The molecule has 8 N–H and O–H groups in total. The molecule has 1 atom stereocenters. The van der Waals surface area contributed by atoms with Gasteiger partial charge < -0.3 is 45.3 Å². The molecule has 0 aromatic heterocycles. The van der Waals surface area contributed by atoms with Gasteiger partial charge in [-0.15, -0.1) is 23.2 Å². The van der Waals surface area contributed by atoms with E-state index in [1.807, 2.05) is 24.3 Å². The Hall–Kier alpha value is -1.73. The summed E-state index contributed by atoms with van der Waals surface area (Å²) in [5.74, 6) is -1.58.